The fourth-order valence-electron chi connectivity index (χ4n) is 3.95. The van der Waals surface area contributed by atoms with Crippen molar-refractivity contribution in [2.45, 2.75) is 51.5 Å². The fourth-order valence-corrected chi connectivity index (χ4v) is 3.95. The van der Waals surface area contributed by atoms with Gasteiger partial charge in [0.25, 0.3) is 0 Å². The van der Waals surface area contributed by atoms with Gasteiger partial charge in [-0.15, -0.1) is 0 Å². The molecule has 2 aromatic rings. The number of hydrogen-bond donors (Lipinski definition) is 0. The van der Waals surface area contributed by atoms with Crippen LogP contribution < -0.4 is 14.4 Å². The standard InChI is InChI=1S/C23H26N2O3/c1-17(18-11-12-20-21(15-18)28-16-27-20)10-13-23(26)25(19-7-3-2-4-8-19)22-9-5-6-14-24-22/h5-6,9-12,14-15,19H,2-4,7-8,13,16H2,1H3. The van der Waals surface area contributed by atoms with E-state index in [9.17, 15) is 4.79 Å². The van der Waals surface area contributed by atoms with E-state index in [-0.39, 0.29) is 18.7 Å². The van der Waals surface area contributed by atoms with E-state index in [1.54, 1.807) is 6.20 Å². The number of benzene rings is 1. The Balaban J connectivity index is 1.51. The Morgan fingerprint density at radius 1 is 1.14 bits per heavy atom. The van der Waals surface area contributed by atoms with Crippen LogP contribution in [0.3, 0.4) is 0 Å². The predicted octanol–water partition coefficient (Wildman–Crippen LogP) is 4.97. The van der Waals surface area contributed by atoms with Crippen LogP contribution in [0.2, 0.25) is 0 Å². The number of carbonyl (C=O) groups is 1. The van der Waals surface area contributed by atoms with Crippen LogP contribution in [0.5, 0.6) is 11.5 Å². The molecule has 28 heavy (non-hydrogen) atoms. The van der Waals surface area contributed by atoms with Gasteiger partial charge in [-0.1, -0.05) is 37.5 Å². The first-order valence-corrected chi connectivity index (χ1v) is 10.0. The number of aromatic nitrogens is 1. The van der Waals surface area contributed by atoms with Gasteiger partial charge in [0.1, 0.15) is 5.82 Å². The molecule has 0 unspecified atom stereocenters. The Hall–Kier alpha value is -2.82. The molecule has 1 fully saturated rings. The molecule has 0 atom stereocenters. The summed E-state index contributed by atoms with van der Waals surface area (Å²) < 4.78 is 10.8. The quantitative estimate of drug-likeness (QED) is 0.737. The summed E-state index contributed by atoms with van der Waals surface area (Å²) in [7, 11) is 0. The van der Waals surface area contributed by atoms with E-state index in [1.807, 2.05) is 54.3 Å². The molecule has 146 valence electrons. The summed E-state index contributed by atoms with van der Waals surface area (Å²) in [6.45, 7) is 2.29. The van der Waals surface area contributed by atoms with Crippen LogP contribution in [0.25, 0.3) is 5.57 Å². The smallest absolute Gasteiger partial charge is 0.232 e. The minimum absolute atomic E-state index is 0.102. The summed E-state index contributed by atoms with van der Waals surface area (Å²) in [5, 5.41) is 0. The second-order valence-electron chi connectivity index (χ2n) is 7.40. The number of hydrogen-bond acceptors (Lipinski definition) is 4. The molecule has 0 bridgehead atoms. The summed E-state index contributed by atoms with van der Waals surface area (Å²) in [4.78, 5) is 19.5. The molecule has 1 aliphatic heterocycles. The number of pyridine rings is 1. The number of ether oxygens (including phenoxy) is 2. The van der Waals surface area contributed by atoms with Crippen molar-refractivity contribution in [1.29, 1.82) is 0 Å². The number of rotatable bonds is 5. The van der Waals surface area contributed by atoms with Crippen molar-refractivity contribution in [2.24, 2.45) is 0 Å². The minimum Gasteiger partial charge on any atom is -0.454 e. The van der Waals surface area contributed by atoms with Gasteiger partial charge >= 0.3 is 0 Å². The molecule has 0 saturated heterocycles. The van der Waals surface area contributed by atoms with E-state index >= 15 is 0 Å². The van der Waals surface area contributed by atoms with Gasteiger partial charge in [-0.05, 0) is 55.2 Å². The van der Waals surface area contributed by atoms with Crippen LogP contribution in [-0.4, -0.2) is 23.7 Å². The molecule has 1 amide bonds. The molecular weight excluding hydrogens is 352 g/mol. The van der Waals surface area contributed by atoms with Gasteiger partial charge in [-0.2, -0.15) is 0 Å². The zero-order valence-electron chi connectivity index (χ0n) is 16.3. The largest absolute Gasteiger partial charge is 0.454 e. The minimum atomic E-state index is 0.102. The SMILES string of the molecule is CC(=CCC(=O)N(c1ccccn1)C1CCCCC1)c1ccc2c(c1)OCO2. The van der Waals surface area contributed by atoms with E-state index in [2.05, 4.69) is 4.98 Å². The first kappa shape index (κ1) is 18.5. The number of allylic oxidation sites excluding steroid dienone is 1. The van der Waals surface area contributed by atoms with Crippen molar-refractivity contribution < 1.29 is 14.3 Å². The van der Waals surface area contributed by atoms with E-state index in [0.717, 1.165) is 41.3 Å². The van der Waals surface area contributed by atoms with Crippen LogP contribution in [0.1, 0.15) is 51.0 Å². The van der Waals surface area contributed by atoms with Crippen molar-refractivity contribution in [3.05, 3.63) is 54.2 Å². The lowest BCUT2D eigenvalue weighted by molar-refractivity contribution is -0.118. The molecule has 0 spiro atoms. The number of amides is 1. The Bertz CT molecular complexity index is 857. The van der Waals surface area contributed by atoms with Gasteiger partial charge in [0.05, 0.1) is 0 Å². The summed E-state index contributed by atoms with van der Waals surface area (Å²) >= 11 is 0. The van der Waals surface area contributed by atoms with E-state index in [4.69, 9.17) is 9.47 Å². The van der Waals surface area contributed by atoms with E-state index < -0.39 is 0 Å². The molecule has 5 nitrogen and oxygen atoms in total. The number of fused-ring (bicyclic) bond motifs is 1. The summed E-state index contributed by atoms with van der Waals surface area (Å²) in [6.07, 6.45) is 9.81. The summed E-state index contributed by atoms with van der Waals surface area (Å²) in [6, 6.07) is 11.9. The molecule has 2 aliphatic rings. The van der Waals surface area contributed by atoms with Crippen molar-refractivity contribution in [3.8, 4) is 11.5 Å². The highest BCUT2D eigenvalue weighted by atomic mass is 16.7. The second-order valence-corrected chi connectivity index (χ2v) is 7.40. The van der Waals surface area contributed by atoms with Gasteiger partial charge in [0, 0.05) is 18.7 Å². The van der Waals surface area contributed by atoms with Crippen LogP contribution in [-0.2, 0) is 4.79 Å². The topological polar surface area (TPSA) is 51.7 Å². The third-order valence-electron chi connectivity index (χ3n) is 5.52. The molecule has 5 heteroatoms. The Morgan fingerprint density at radius 3 is 2.75 bits per heavy atom. The third-order valence-corrected chi connectivity index (χ3v) is 5.52. The number of carbonyl (C=O) groups excluding carboxylic acids is 1. The highest BCUT2D eigenvalue weighted by Gasteiger charge is 2.27. The van der Waals surface area contributed by atoms with E-state index in [0.29, 0.717) is 6.42 Å². The van der Waals surface area contributed by atoms with Crippen LogP contribution >= 0.6 is 0 Å². The van der Waals surface area contributed by atoms with Crippen LogP contribution in [0.4, 0.5) is 5.82 Å². The lowest BCUT2D eigenvalue weighted by Crippen LogP contribution is -2.42. The lowest BCUT2D eigenvalue weighted by Gasteiger charge is -2.33. The Labute approximate surface area is 166 Å². The second kappa shape index (κ2) is 8.46. The maximum atomic E-state index is 13.2. The third kappa shape index (κ3) is 4.03. The molecule has 1 aromatic carbocycles. The normalized spacial score (nSPS) is 16.8. The van der Waals surface area contributed by atoms with E-state index in [1.165, 1.54) is 19.3 Å². The monoisotopic (exact) mass is 378 g/mol. The first-order chi connectivity index (χ1) is 13.7. The Morgan fingerprint density at radius 2 is 1.96 bits per heavy atom. The maximum Gasteiger partial charge on any atom is 0.232 e. The van der Waals surface area contributed by atoms with Crippen molar-refractivity contribution >= 4 is 17.3 Å². The number of nitrogens with zero attached hydrogens (tertiary/aromatic N) is 2. The van der Waals surface area contributed by atoms with Gasteiger partial charge in [0.2, 0.25) is 12.7 Å². The van der Waals surface area contributed by atoms with Crippen LogP contribution in [0, 0.1) is 0 Å². The molecule has 4 rings (SSSR count). The zero-order chi connectivity index (χ0) is 19.3. The van der Waals surface area contributed by atoms with Crippen molar-refractivity contribution in [1.82, 2.24) is 4.98 Å². The molecular formula is C23H26N2O3. The van der Waals surface area contributed by atoms with Gasteiger partial charge < -0.3 is 9.47 Å². The molecule has 0 N–H and O–H groups in total. The van der Waals surface area contributed by atoms with Gasteiger partial charge in [-0.3, -0.25) is 9.69 Å². The highest BCUT2D eigenvalue weighted by molar-refractivity contribution is 5.94. The fraction of sp³-hybridized carbons (Fsp3) is 0.391. The predicted molar refractivity (Wildman–Crippen MR) is 109 cm³/mol. The average molecular weight is 378 g/mol. The van der Waals surface area contributed by atoms with Gasteiger partial charge in [-0.25, -0.2) is 4.98 Å². The van der Waals surface area contributed by atoms with Gasteiger partial charge in [0.15, 0.2) is 11.5 Å². The van der Waals surface area contributed by atoms with Crippen molar-refractivity contribution in [3.63, 3.8) is 0 Å². The molecule has 0 radical (unpaired) electrons. The highest BCUT2D eigenvalue weighted by Crippen LogP contribution is 2.34. The molecule has 1 saturated carbocycles. The van der Waals surface area contributed by atoms with Crippen LogP contribution in [0.15, 0.2) is 48.7 Å². The lowest BCUT2D eigenvalue weighted by atomic mass is 9.93. The summed E-state index contributed by atoms with van der Waals surface area (Å²) in [5.41, 5.74) is 2.09. The average Bonchev–Trinajstić information content (AvgIpc) is 3.22. The maximum absolute atomic E-state index is 13.2. The molecule has 1 aromatic heterocycles. The molecule has 1 aliphatic carbocycles. The molecule has 2 heterocycles. The van der Waals surface area contributed by atoms with Crippen molar-refractivity contribution in [2.75, 3.05) is 11.7 Å². The summed E-state index contributed by atoms with van der Waals surface area (Å²) in [5.74, 6) is 2.39. The number of anilines is 1. The zero-order valence-corrected chi connectivity index (χ0v) is 16.3. The first-order valence-electron chi connectivity index (χ1n) is 10.0. The Kier molecular flexibility index (Phi) is 5.60.